The molecule has 2 rings (SSSR count). The summed E-state index contributed by atoms with van der Waals surface area (Å²) in [4.78, 5) is 9.81. The van der Waals surface area contributed by atoms with Crippen LogP contribution in [0.15, 0.2) is 15.8 Å². The number of sulfone groups is 1. The molecule has 1 aliphatic heterocycles. The zero-order valence-corrected chi connectivity index (χ0v) is 12.3. The molecule has 0 spiro atoms. The quantitative estimate of drug-likeness (QED) is 0.814. The van der Waals surface area contributed by atoms with Gasteiger partial charge in [0.05, 0.1) is 17.1 Å². The van der Waals surface area contributed by atoms with Gasteiger partial charge < -0.3 is 10.0 Å². The molecule has 0 radical (unpaired) electrons. The van der Waals surface area contributed by atoms with Crippen LogP contribution in [-0.2, 0) is 9.84 Å². The van der Waals surface area contributed by atoms with Crippen molar-refractivity contribution in [3.05, 3.63) is 10.7 Å². The van der Waals surface area contributed by atoms with Crippen LogP contribution in [0, 0.1) is 0 Å². The summed E-state index contributed by atoms with van der Waals surface area (Å²) in [7, 11) is -3.43. The Morgan fingerprint density at radius 1 is 1.61 bits per heavy atom. The number of nitrogens with zero attached hydrogens (tertiary/aromatic N) is 3. The van der Waals surface area contributed by atoms with Crippen molar-refractivity contribution in [2.45, 2.75) is 24.0 Å². The molecule has 1 aliphatic rings. The topological polar surface area (TPSA) is 83.4 Å². The lowest BCUT2D eigenvalue weighted by Crippen LogP contribution is -2.33. The fraction of sp³-hybridized carbons (Fsp3) is 0.600. The summed E-state index contributed by atoms with van der Waals surface area (Å²) in [5, 5.41) is 9.11. The first-order valence-electron chi connectivity index (χ1n) is 5.53. The minimum absolute atomic E-state index is 0.0105. The van der Waals surface area contributed by atoms with Crippen LogP contribution >= 0.6 is 15.9 Å². The molecule has 18 heavy (non-hydrogen) atoms. The number of hydrogen-bond acceptors (Lipinski definition) is 6. The van der Waals surface area contributed by atoms with E-state index in [-0.39, 0.29) is 17.8 Å². The Balaban J connectivity index is 2.44. The Hall–Kier alpha value is -0.730. The normalized spacial score (nSPS) is 20.4. The fourth-order valence-corrected chi connectivity index (χ4v) is 2.94. The Morgan fingerprint density at radius 3 is 2.94 bits per heavy atom. The number of hydrogen-bond donors (Lipinski definition) is 1. The molecular formula is C10H14BrN3O3S. The first kappa shape index (κ1) is 13.7. The maximum absolute atomic E-state index is 11.5. The van der Waals surface area contributed by atoms with E-state index in [1.807, 2.05) is 4.90 Å². The highest BCUT2D eigenvalue weighted by Crippen LogP contribution is 2.30. The molecule has 0 aliphatic carbocycles. The molecule has 0 aromatic carbocycles. The van der Waals surface area contributed by atoms with Gasteiger partial charge in [-0.3, -0.25) is 0 Å². The van der Waals surface area contributed by atoms with Gasteiger partial charge >= 0.3 is 0 Å². The van der Waals surface area contributed by atoms with E-state index in [4.69, 9.17) is 0 Å². The number of anilines is 1. The van der Waals surface area contributed by atoms with Gasteiger partial charge in [0.2, 0.25) is 15.0 Å². The second kappa shape index (κ2) is 5.10. The summed E-state index contributed by atoms with van der Waals surface area (Å²) >= 11 is 3.32. The van der Waals surface area contributed by atoms with Crippen molar-refractivity contribution in [2.75, 3.05) is 24.3 Å². The Kier molecular flexibility index (Phi) is 3.88. The molecule has 8 heteroatoms. The predicted molar refractivity (Wildman–Crippen MR) is 70.3 cm³/mol. The SMILES string of the molecule is CS(=O)(=O)c1ncc(Br)c(N2CCC[C@@H]2CO)n1. The summed E-state index contributed by atoms with van der Waals surface area (Å²) < 4.78 is 23.5. The van der Waals surface area contributed by atoms with Crippen LogP contribution in [0.2, 0.25) is 0 Å². The van der Waals surface area contributed by atoms with Gasteiger partial charge in [-0.25, -0.2) is 13.4 Å². The van der Waals surface area contributed by atoms with Crippen molar-refractivity contribution in [1.29, 1.82) is 0 Å². The van der Waals surface area contributed by atoms with Gasteiger partial charge in [0.25, 0.3) is 0 Å². The zero-order chi connectivity index (χ0) is 13.3. The van der Waals surface area contributed by atoms with Crippen molar-refractivity contribution >= 4 is 31.6 Å². The summed E-state index contributed by atoms with van der Waals surface area (Å²) in [6.45, 7) is 0.786. The van der Waals surface area contributed by atoms with Crippen LogP contribution in [0.25, 0.3) is 0 Å². The smallest absolute Gasteiger partial charge is 0.248 e. The lowest BCUT2D eigenvalue weighted by Gasteiger charge is -2.25. The van der Waals surface area contributed by atoms with E-state index >= 15 is 0 Å². The largest absolute Gasteiger partial charge is 0.394 e. The Morgan fingerprint density at radius 2 is 2.33 bits per heavy atom. The molecule has 1 N–H and O–H groups in total. The average molecular weight is 336 g/mol. The van der Waals surface area contributed by atoms with Gasteiger partial charge in [-0.15, -0.1) is 0 Å². The van der Waals surface area contributed by atoms with E-state index in [9.17, 15) is 13.5 Å². The highest BCUT2D eigenvalue weighted by molar-refractivity contribution is 9.10. The molecule has 0 saturated carbocycles. The van der Waals surface area contributed by atoms with E-state index in [1.165, 1.54) is 6.20 Å². The number of aliphatic hydroxyl groups is 1. The minimum Gasteiger partial charge on any atom is -0.394 e. The summed E-state index contributed by atoms with van der Waals surface area (Å²) in [6.07, 6.45) is 4.34. The molecular weight excluding hydrogens is 322 g/mol. The standard InChI is InChI=1S/C10H14BrN3O3S/c1-18(16,17)10-12-5-8(11)9(13-10)14-4-2-3-7(14)6-15/h5,7,15H,2-4,6H2,1H3/t7-/m1/s1. The predicted octanol–water partition coefficient (Wildman–Crippen LogP) is 0.604. The van der Waals surface area contributed by atoms with Gasteiger partial charge in [-0.1, -0.05) is 0 Å². The highest BCUT2D eigenvalue weighted by atomic mass is 79.9. The van der Waals surface area contributed by atoms with Crippen LogP contribution in [0.5, 0.6) is 0 Å². The lowest BCUT2D eigenvalue weighted by atomic mass is 10.2. The number of halogens is 1. The van der Waals surface area contributed by atoms with E-state index in [1.54, 1.807) is 0 Å². The molecule has 0 bridgehead atoms. The Bertz CT molecular complexity index is 549. The van der Waals surface area contributed by atoms with Crippen molar-refractivity contribution < 1.29 is 13.5 Å². The van der Waals surface area contributed by atoms with E-state index in [2.05, 4.69) is 25.9 Å². The van der Waals surface area contributed by atoms with Crippen molar-refractivity contribution in [3.63, 3.8) is 0 Å². The summed E-state index contributed by atoms with van der Waals surface area (Å²) in [5.41, 5.74) is 0. The van der Waals surface area contributed by atoms with E-state index in [0.717, 1.165) is 25.6 Å². The van der Waals surface area contributed by atoms with E-state index < -0.39 is 9.84 Å². The first-order chi connectivity index (χ1) is 8.43. The molecule has 6 nitrogen and oxygen atoms in total. The van der Waals surface area contributed by atoms with Crippen LogP contribution in [0.4, 0.5) is 5.82 Å². The van der Waals surface area contributed by atoms with Gasteiger partial charge in [-0.2, -0.15) is 4.98 Å². The highest BCUT2D eigenvalue weighted by Gasteiger charge is 2.27. The van der Waals surface area contributed by atoms with Gasteiger partial charge in [-0.05, 0) is 28.8 Å². The number of rotatable bonds is 3. The second-order valence-corrected chi connectivity index (χ2v) is 7.03. The van der Waals surface area contributed by atoms with Crippen molar-refractivity contribution in [3.8, 4) is 0 Å². The minimum atomic E-state index is -3.43. The molecule has 1 fully saturated rings. The number of aromatic nitrogens is 2. The second-order valence-electron chi connectivity index (χ2n) is 4.27. The average Bonchev–Trinajstić information content (AvgIpc) is 2.76. The lowest BCUT2D eigenvalue weighted by molar-refractivity contribution is 0.266. The first-order valence-corrected chi connectivity index (χ1v) is 8.22. The molecule has 1 saturated heterocycles. The maximum Gasteiger partial charge on any atom is 0.248 e. The Labute approximate surface area is 114 Å². The van der Waals surface area contributed by atoms with Crippen LogP contribution in [-0.4, -0.2) is 48.9 Å². The molecule has 1 aromatic heterocycles. The molecule has 0 amide bonds. The third-order valence-electron chi connectivity index (χ3n) is 2.90. The zero-order valence-electron chi connectivity index (χ0n) is 9.87. The molecule has 0 unspecified atom stereocenters. The molecule has 100 valence electrons. The maximum atomic E-state index is 11.5. The fourth-order valence-electron chi connectivity index (χ4n) is 2.03. The van der Waals surface area contributed by atoms with E-state index in [0.29, 0.717) is 10.3 Å². The third-order valence-corrected chi connectivity index (χ3v) is 4.31. The number of aliphatic hydroxyl groups excluding tert-OH is 1. The summed E-state index contributed by atoms with van der Waals surface area (Å²) in [5.74, 6) is 0.530. The van der Waals surface area contributed by atoms with Gasteiger partial charge in [0.1, 0.15) is 5.82 Å². The monoisotopic (exact) mass is 335 g/mol. The van der Waals surface area contributed by atoms with Gasteiger partial charge in [0.15, 0.2) is 0 Å². The molecule has 1 atom stereocenters. The molecule has 2 heterocycles. The molecule has 1 aromatic rings. The van der Waals surface area contributed by atoms with Crippen LogP contribution < -0.4 is 4.90 Å². The van der Waals surface area contributed by atoms with Crippen LogP contribution in [0.3, 0.4) is 0 Å². The van der Waals surface area contributed by atoms with Crippen molar-refractivity contribution in [1.82, 2.24) is 9.97 Å². The van der Waals surface area contributed by atoms with Crippen LogP contribution in [0.1, 0.15) is 12.8 Å². The third kappa shape index (κ3) is 2.65. The van der Waals surface area contributed by atoms with Gasteiger partial charge in [0, 0.05) is 19.0 Å². The van der Waals surface area contributed by atoms with Crippen molar-refractivity contribution in [2.24, 2.45) is 0 Å². The summed E-state index contributed by atoms with van der Waals surface area (Å²) in [6, 6.07) is -0.0105.